The van der Waals surface area contributed by atoms with E-state index in [0.717, 1.165) is 63.3 Å². The Balaban J connectivity index is 1.07. The Morgan fingerprint density at radius 1 is 0.790 bits per heavy atom. The number of ether oxygens (including phenoxy) is 1. The van der Waals surface area contributed by atoms with E-state index in [1.807, 2.05) is 6.92 Å². The molecule has 5 aromatic heterocycles. The molecule has 0 radical (unpaired) electrons. The molecule has 17 unspecified atom stereocenters. The molecule has 6 aromatic rings. The monoisotopic (exact) mass is 1860 g/mol. The number of cyclic esters (lactones) is 1. The maximum Gasteiger partial charge on any atom is 0.357 e. The summed E-state index contributed by atoms with van der Waals surface area (Å²) in [5, 5.41) is 87.8. The van der Waals surface area contributed by atoms with Crippen LogP contribution in [0.2, 0.25) is 0 Å². The summed E-state index contributed by atoms with van der Waals surface area (Å²) in [4.78, 5) is 220. The van der Waals surface area contributed by atoms with Crippen LogP contribution >= 0.6 is 73.0 Å². The molecule has 4 aliphatic heterocycles. The van der Waals surface area contributed by atoms with E-state index in [9.17, 15) is 73.5 Å². The third-order valence-corrected chi connectivity index (χ3v) is 27.2. The van der Waals surface area contributed by atoms with Crippen LogP contribution in [0.15, 0.2) is 121 Å². The fourth-order valence-electron chi connectivity index (χ4n) is 14.0. The second-order valence-electron chi connectivity index (χ2n) is 30.8. The molecule has 0 fully saturated rings. The number of esters is 1. The first-order valence-corrected chi connectivity index (χ1v) is 44.5. The predicted molar refractivity (Wildman–Crippen MR) is 463 cm³/mol. The van der Waals surface area contributed by atoms with Crippen LogP contribution in [-0.4, -0.2) is 192 Å². The SMILES string of the molecule is C=C1NC(=O)C(C)CC(=O)C(C(C)CC)NC2C=Cc3c(C(C)O)cc(nc3C2O)C(=O)OC(C)C2NC(=O)c3csc(n3)C(C(C)(O)C(C)O)CC(=O)C3CSC(=N3)/C(=C/C)NC(=O)C(C(C)O)NC(=O)c3csc(n3)C3(CCC(c4nc(C(=O)NC(=C)C(=O)NC(=CNC(=O)c5ccc(Br)cc5)C(N)=O)cs4)=NC3c3csc2n3)NC(=O)C(C)CC1=O. The average molecular weight is 1860 g/mol. The Morgan fingerprint density at radius 3 is 2.15 bits per heavy atom. The number of pyridine rings is 1. The van der Waals surface area contributed by atoms with Gasteiger partial charge in [-0.1, -0.05) is 81.4 Å². The van der Waals surface area contributed by atoms with Crippen LogP contribution in [-0.2, 0) is 48.6 Å². The molecule has 11 rings (SSSR count). The number of thiazole rings is 4. The van der Waals surface area contributed by atoms with Crippen LogP contribution in [0.1, 0.15) is 233 Å². The van der Waals surface area contributed by atoms with Gasteiger partial charge in [-0.3, -0.25) is 72.8 Å². The highest BCUT2D eigenvalue weighted by atomic mass is 79.9. The number of aliphatic hydroxyl groups is 5. The number of fused-ring (bicyclic) bond motifs is 7. The quantitative estimate of drug-likeness (QED) is 0.0482. The number of aromatic nitrogens is 5. The molecular weight excluding hydrogens is 1770 g/mol. The molecule has 13 bridgehead atoms. The number of hydrogen-bond acceptors (Lipinski definition) is 32. The number of Topliss-reactive ketones (excluding diaryl/α,β-unsaturated/α-hetero) is 3. The van der Waals surface area contributed by atoms with Crippen molar-refractivity contribution in [2.45, 2.75) is 192 Å². The van der Waals surface area contributed by atoms with Gasteiger partial charge in [0.1, 0.15) is 90.5 Å². The van der Waals surface area contributed by atoms with Crippen molar-refractivity contribution in [2.75, 3.05) is 5.75 Å². The number of hydrogen-bond donors (Lipinski definition) is 15. The van der Waals surface area contributed by atoms with Gasteiger partial charge in [0.15, 0.2) is 17.3 Å². The van der Waals surface area contributed by atoms with Crippen molar-refractivity contribution in [2.24, 2.45) is 33.5 Å². The van der Waals surface area contributed by atoms with Crippen molar-refractivity contribution in [3.8, 4) is 0 Å². The van der Waals surface area contributed by atoms with Gasteiger partial charge in [-0.2, -0.15) is 0 Å². The summed E-state index contributed by atoms with van der Waals surface area (Å²) in [5.41, 5.74) is -1.09. The van der Waals surface area contributed by atoms with Crippen LogP contribution < -0.4 is 53.6 Å². The lowest BCUT2D eigenvalue weighted by atomic mass is 9.80. The zero-order valence-corrected chi connectivity index (χ0v) is 74.3. The Kier molecular flexibility index (Phi) is 30.0. The highest BCUT2D eigenvalue weighted by molar-refractivity contribution is 9.10. The van der Waals surface area contributed by atoms with E-state index >= 15 is 14.4 Å². The first-order valence-electron chi connectivity index (χ1n) is 39.2. The first kappa shape index (κ1) is 93.9. The Labute approximate surface area is 739 Å². The third kappa shape index (κ3) is 21.1. The molecule has 0 spiro atoms. The summed E-state index contributed by atoms with van der Waals surface area (Å²) in [6, 6.07) is -0.621. The molecule has 9 heterocycles. The number of aliphatic hydroxyl groups excluding tert-OH is 4. The number of primary amides is 1. The number of carbonyl (C=O) groups is 13. The van der Waals surface area contributed by atoms with Gasteiger partial charge in [0.25, 0.3) is 35.4 Å². The highest BCUT2D eigenvalue weighted by Gasteiger charge is 2.51. The van der Waals surface area contributed by atoms with E-state index in [4.69, 9.17) is 25.4 Å². The number of ketones is 3. The van der Waals surface area contributed by atoms with Gasteiger partial charge in [-0.05, 0) is 96.2 Å². The van der Waals surface area contributed by atoms with E-state index in [1.54, 1.807) is 38.1 Å². The van der Waals surface area contributed by atoms with Crippen molar-refractivity contribution in [3.05, 3.63) is 182 Å². The van der Waals surface area contributed by atoms with Crippen molar-refractivity contribution >= 4 is 166 Å². The molecule has 0 saturated heterocycles. The lowest BCUT2D eigenvalue weighted by molar-refractivity contribution is -0.131. The van der Waals surface area contributed by atoms with Crippen molar-refractivity contribution in [1.82, 2.24) is 72.8 Å². The number of benzene rings is 1. The van der Waals surface area contributed by atoms with E-state index in [2.05, 4.69) is 96.9 Å². The van der Waals surface area contributed by atoms with Gasteiger partial charge in [0, 0.05) is 86.1 Å². The van der Waals surface area contributed by atoms with Gasteiger partial charge in [-0.25, -0.2) is 29.7 Å². The first-order chi connectivity index (χ1) is 58.6. The summed E-state index contributed by atoms with van der Waals surface area (Å²) < 4.78 is 6.99. The molecule has 1 aromatic carbocycles. The number of aliphatic imine (C=N–C) groups is 2. The standard InChI is InChI=1S/C82H92BrN17O19S5/c1-13-33(3)60-59(106)24-34(4)67(109)86-36(6)57(104)23-35(5)68(110)100-82-22-21-49(77-96-54(31-122-77)71(113)87-37(7)69(111)92-51(66(84)108)27-85-70(112)42-15-17-43(83)18-16-42)90-65(82)53-29-123-78(94-53)62(40(10)119-79(117)50-25-45(38(8)101)44-19-20-48(88-60)64(107)63(44)89-50)99-72(114)55-30-120-75(95-55)46(81(12,118)41(11)103)26-58(105)52-28-121-76(93-52)47(14-2)91-74(116)61(39(9)102)98-73(115)56-32-124-80(82)97-56/h14-20,25,27,29-35,38-41,46,48,52,60-62,64-65,88,101-103,107,118H,6-7,13,21-24,26,28H2,1-5,8-12H3,(H2,84,108)(H,85,112)(H,86,109)(H,87,113)(H,91,116)(H,92,111)(H,98,115)(H,99,114)(H,100,110)/b47-14-,51-27?. The van der Waals surface area contributed by atoms with Crippen LogP contribution in [0.4, 0.5) is 0 Å². The largest absolute Gasteiger partial charge is 0.455 e. The van der Waals surface area contributed by atoms with Crippen molar-refractivity contribution in [3.63, 3.8) is 0 Å². The van der Waals surface area contributed by atoms with E-state index in [0.29, 0.717) is 10.9 Å². The number of nitrogens with one attached hydrogen (secondary N) is 9. The van der Waals surface area contributed by atoms with E-state index in [-0.39, 0.29) is 107 Å². The second-order valence-corrected chi connectivity index (χ2v) is 36.2. The number of nitrogens with zero attached hydrogens (tertiary/aromatic N) is 7. The van der Waals surface area contributed by atoms with Gasteiger partial charge in [0.2, 0.25) is 17.7 Å². The topological polar surface area (TPSA) is 556 Å². The van der Waals surface area contributed by atoms with Crippen molar-refractivity contribution < 1.29 is 92.6 Å². The summed E-state index contributed by atoms with van der Waals surface area (Å²) >= 11 is 7.83. The van der Waals surface area contributed by atoms with Crippen molar-refractivity contribution in [1.29, 1.82) is 0 Å². The Hall–Kier alpha value is -10.8. The summed E-state index contributed by atoms with van der Waals surface area (Å²) in [5.74, 6) is -15.6. The third-order valence-electron chi connectivity index (χ3n) is 21.8. The second kappa shape index (κ2) is 39.6. The van der Waals surface area contributed by atoms with Gasteiger partial charge < -0.3 is 78.5 Å². The van der Waals surface area contributed by atoms with E-state index < -0.39 is 214 Å². The van der Waals surface area contributed by atoms with E-state index in [1.165, 1.54) is 94.3 Å². The molecule has 17 atom stereocenters. The number of nitrogens with two attached hydrogens (primary N) is 1. The smallest absolute Gasteiger partial charge is 0.357 e. The number of carbonyl (C=O) groups excluding carboxylic acids is 13. The summed E-state index contributed by atoms with van der Waals surface area (Å²) in [7, 11) is 0. The fourth-order valence-corrected chi connectivity index (χ4v) is 19.2. The van der Waals surface area contributed by atoms with Gasteiger partial charge in [0.05, 0.1) is 75.2 Å². The maximum absolute atomic E-state index is 15.6. The maximum atomic E-state index is 15.6. The molecule has 16 N–H and O–H groups in total. The minimum Gasteiger partial charge on any atom is -0.455 e. The minimum atomic E-state index is -2.11. The molecule has 656 valence electrons. The number of halogens is 1. The van der Waals surface area contributed by atoms with Gasteiger partial charge >= 0.3 is 5.97 Å². The number of thioether (sulfide) groups is 1. The molecule has 1 aliphatic carbocycles. The number of amides is 9. The fraction of sp³-hybridized carbons (Fsp3) is 0.415. The highest BCUT2D eigenvalue weighted by Crippen LogP contribution is 2.49. The normalized spacial score (nSPS) is 26.0. The molecular formula is C82H92BrN17O19S5. The van der Waals surface area contributed by atoms with Gasteiger partial charge in [-0.15, -0.1) is 57.1 Å². The molecule has 0 saturated carbocycles. The number of rotatable bonds is 14. The Bertz CT molecular complexity index is 5450. The lowest BCUT2D eigenvalue weighted by Gasteiger charge is -2.41. The zero-order chi connectivity index (χ0) is 90.4. The Morgan fingerprint density at radius 2 is 1.48 bits per heavy atom. The summed E-state index contributed by atoms with van der Waals surface area (Å²) in [6.45, 7) is 22.2. The van der Waals surface area contributed by atoms with Crippen LogP contribution in [0, 0.1) is 17.8 Å². The number of allylic oxidation sites excluding steroid dienone is 2. The molecule has 42 heteroatoms. The summed E-state index contributed by atoms with van der Waals surface area (Å²) in [6.07, 6.45) is -3.61. The predicted octanol–water partition coefficient (Wildman–Crippen LogP) is 5.36. The van der Waals surface area contributed by atoms with Crippen LogP contribution in [0.5, 0.6) is 0 Å². The zero-order valence-electron chi connectivity index (χ0n) is 68.6. The lowest BCUT2D eigenvalue weighted by Crippen LogP contribution is -2.54. The van der Waals surface area contributed by atoms with Crippen LogP contribution in [0.25, 0.3) is 6.08 Å². The molecule has 36 nitrogen and oxygen atoms in total. The minimum absolute atomic E-state index is 0.00975. The molecule has 124 heavy (non-hydrogen) atoms. The molecule has 5 aliphatic rings. The van der Waals surface area contributed by atoms with Crippen LogP contribution in [0.3, 0.4) is 0 Å². The molecule has 9 amide bonds. The average Bonchev–Trinajstić information content (AvgIpc) is 1.51.